The van der Waals surface area contributed by atoms with Crippen LogP contribution in [0.15, 0.2) is 28.9 Å². The van der Waals surface area contributed by atoms with Crippen LogP contribution in [0.25, 0.3) is 0 Å². The van der Waals surface area contributed by atoms with Gasteiger partial charge in [0.15, 0.2) is 5.76 Å². The number of pyridine rings is 1. The minimum atomic E-state index is -0.233. The Morgan fingerprint density at radius 3 is 2.94 bits per heavy atom. The van der Waals surface area contributed by atoms with E-state index in [0.717, 1.165) is 5.69 Å². The summed E-state index contributed by atoms with van der Waals surface area (Å²) in [5, 5.41) is 6.77. The average molecular weight is 252 g/mol. The fourth-order valence-corrected chi connectivity index (χ4v) is 1.39. The van der Waals surface area contributed by atoms with Gasteiger partial charge in [0.05, 0.1) is 17.8 Å². The van der Waals surface area contributed by atoms with Crippen LogP contribution in [0.1, 0.15) is 21.8 Å². The molecule has 2 rings (SSSR count). The first-order valence-electron chi connectivity index (χ1n) is 4.97. The number of halogens is 1. The third-order valence-corrected chi connectivity index (χ3v) is 2.31. The molecule has 2 aromatic heterocycles. The molecule has 0 aliphatic carbocycles. The highest BCUT2D eigenvalue weighted by atomic mass is 35.5. The predicted molar refractivity (Wildman–Crippen MR) is 61.7 cm³/mol. The van der Waals surface area contributed by atoms with Crippen molar-refractivity contribution in [2.24, 2.45) is 0 Å². The second-order valence-corrected chi connectivity index (χ2v) is 3.87. The minimum absolute atomic E-state index is 0.233. The Kier molecular flexibility index (Phi) is 3.39. The molecule has 88 valence electrons. The number of aryl methyl sites for hydroxylation is 1. The van der Waals surface area contributed by atoms with Crippen molar-refractivity contribution in [2.45, 2.75) is 13.5 Å². The van der Waals surface area contributed by atoms with Crippen molar-refractivity contribution >= 4 is 17.5 Å². The van der Waals surface area contributed by atoms with E-state index in [-0.39, 0.29) is 5.91 Å². The molecule has 0 saturated heterocycles. The lowest BCUT2D eigenvalue weighted by atomic mass is 10.2. The fraction of sp³-hybridized carbons (Fsp3) is 0.182. The summed E-state index contributed by atoms with van der Waals surface area (Å²) in [5.41, 5.74) is 1.23. The van der Waals surface area contributed by atoms with E-state index in [9.17, 15) is 4.79 Å². The highest BCUT2D eigenvalue weighted by Crippen LogP contribution is 2.06. The molecule has 5 nitrogen and oxygen atoms in total. The van der Waals surface area contributed by atoms with Gasteiger partial charge in [0.1, 0.15) is 5.15 Å². The van der Waals surface area contributed by atoms with Crippen LogP contribution >= 0.6 is 11.6 Å². The molecule has 0 spiro atoms. The van der Waals surface area contributed by atoms with Gasteiger partial charge in [-0.25, -0.2) is 4.98 Å². The molecule has 1 N–H and O–H groups in total. The molecule has 0 radical (unpaired) electrons. The number of nitrogens with one attached hydrogen (secondary N) is 1. The van der Waals surface area contributed by atoms with Gasteiger partial charge in [0.25, 0.3) is 5.91 Å². The minimum Gasteiger partial charge on any atom is -0.359 e. The van der Waals surface area contributed by atoms with Crippen LogP contribution in [0.2, 0.25) is 5.15 Å². The fourth-order valence-electron chi connectivity index (χ4n) is 1.28. The summed E-state index contributed by atoms with van der Waals surface area (Å²) in [4.78, 5) is 15.5. The first-order valence-corrected chi connectivity index (χ1v) is 5.35. The number of amides is 1. The smallest absolute Gasteiger partial charge is 0.253 e. The van der Waals surface area contributed by atoms with Gasteiger partial charge in [-0.15, -0.1) is 0 Å². The molecule has 2 heterocycles. The van der Waals surface area contributed by atoms with Crippen LogP contribution in [0.4, 0.5) is 0 Å². The summed E-state index contributed by atoms with van der Waals surface area (Å²) < 4.78 is 4.97. The second kappa shape index (κ2) is 4.97. The van der Waals surface area contributed by atoms with Crippen LogP contribution in [0, 0.1) is 6.92 Å². The lowest BCUT2D eigenvalue weighted by Gasteiger charge is -2.02. The van der Waals surface area contributed by atoms with Gasteiger partial charge in [-0.1, -0.05) is 16.8 Å². The predicted octanol–water partition coefficient (Wildman–Crippen LogP) is 1.96. The Labute approximate surface area is 103 Å². The summed E-state index contributed by atoms with van der Waals surface area (Å²) in [6.45, 7) is 2.11. The van der Waals surface area contributed by atoms with Crippen molar-refractivity contribution < 1.29 is 9.32 Å². The van der Waals surface area contributed by atoms with Gasteiger partial charge in [-0.05, 0) is 19.1 Å². The Morgan fingerprint density at radius 1 is 1.53 bits per heavy atom. The number of aromatic nitrogens is 2. The maximum absolute atomic E-state index is 11.7. The molecule has 0 fully saturated rings. The topological polar surface area (TPSA) is 68.0 Å². The number of rotatable bonds is 3. The molecule has 0 unspecified atom stereocenters. The zero-order valence-electron chi connectivity index (χ0n) is 9.11. The molecule has 1 amide bonds. The lowest BCUT2D eigenvalue weighted by Crippen LogP contribution is -2.22. The average Bonchev–Trinajstić information content (AvgIpc) is 2.73. The van der Waals surface area contributed by atoms with Crippen molar-refractivity contribution in [1.82, 2.24) is 15.5 Å². The van der Waals surface area contributed by atoms with Gasteiger partial charge in [-0.2, -0.15) is 0 Å². The molecule has 0 saturated carbocycles. The van der Waals surface area contributed by atoms with Crippen LogP contribution in [0.3, 0.4) is 0 Å². The number of carbonyl (C=O) groups excluding carboxylic acids is 1. The summed E-state index contributed by atoms with van der Waals surface area (Å²) in [7, 11) is 0. The van der Waals surface area contributed by atoms with E-state index < -0.39 is 0 Å². The monoisotopic (exact) mass is 251 g/mol. The van der Waals surface area contributed by atoms with E-state index in [1.165, 1.54) is 6.20 Å². The maximum Gasteiger partial charge on any atom is 0.253 e. The number of carbonyl (C=O) groups is 1. The molecule has 2 aromatic rings. The Balaban J connectivity index is 1.95. The van der Waals surface area contributed by atoms with Crippen LogP contribution in [-0.2, 0) is 6.54 Å². The van der Waals surface area contributed by atoms with E-state index in [0.29, 0.717) is 23.0 Å². The molecule has 0 aliphatic heterocycles. The van der Waals surface area contributed by atoms with Crippen molar-refractivity contribution in [3.63, 3.8) is 0 Å². The highest BCUT2D eigenvalue weighted by Gasteiger charge is 2.07. The summed E-state index contributed by atoms with van der Waals surface area (Å²) in [6, 6.07) is 4.94. The summed E-state index contributed by atoms with van der Waals surface area (Å²) in [6.07, 6.45) is 1.42. The Bertz CT molecular complexity index is 522. The standard InChI is InChI=1S/C11H10ClN3O2/c1-7-4-9(17-15-7)6-14-11(16)8-2-3-10(12)13-5-8/h2-5H,6H2,1H3,(H,14,16). The zero-order valence-corrected chi connectivity index (χ0v) is 9.86. The van der Waals surface area contributed by atoms with Crippen molar-refractivity contribution in [2.75, 3.05) is 0 Å². The van der Waals surface area contributed by atoms with Crippen LogP contribution < -0.4 is 5.32 Å². The number of nitrogens with zero attached hydrogens (tertiary/aromatic N) is 2. The summed E-state index contributed by atoms with van der Waals surface area (Å²) >= 11 is 5.63. The molecule has 6 heteroatoms. The third-order valence-electron chi connectivity index (χ3n) is 2.09. The highest BCUT2D eigenvalue weighted by molar-refractivity contribution is 6.29. The molecule has 0 atom stereocenters. The molecule has 17 heavy (non-hydrogen) atoms. The number of hydrogen-bond donors (Lipinski definition) is 1. The Hall–Kier alpha value is -1.88. The SMILES string of the molecule is Cc1cc(CNC(=O)c2ccc(Cl)nc2)on1. The van der Waals surface area contributed by atoms with E-state index in [1.54, 1.807) is 18.2 Å². The van der Waals surface area contributed by atoms with Crippen molar-refractivity contribution in [1.29, 1.82) is 0 Å². The maximum atomic E-state index is 11.7. The molecular formula is C11H10ClN3O2. The van der Waals surface area contributed by atoms with Crippen molar-refractivity contribution in [3.05, 3.63) is 46.6 Å². The van der Waals surface area contributed by atoms with Gasteiger partial charge < -0.3 is 9.84 Å². The van der Waals surface area contributed by atoms with Gasteiger partial charge in [0.2, 0.25) is 0 Å². The molecule has 0 aliphatic rings. The quantitative estimate of drug-likeness (QED) is 0.847. The largest absolute Gasteiger partial charge is 0.359 e. The van der Waals surface area contributed by atoms with Gasteiger partial charge in [-0.3, -0.25) is 4.79 Å². The summed E-state index contributed by atoms with van der Waals surface area (Å²) in [5.74, 6) is 0.376. The molecular weight excluding hydrogens is 242 g/mol. The number of hydrogen-bond acceptors (Lipinski definition) is 4. The van der Waals surface area contributed by atoms with E-state index >= 15 is 0 Å². The Morgan fingerprint density at radius 2 is 2.35 bits per heavy atom. The van der Waals surface area contributed by atoms with Crippen LogP contribution in [-0.4, -0.2) is 16.0 Å². The van der Waals surface area contributed by atoms with Gasteiger partial charge in [0, 0.05) is 12.3 Å². The van der Waals surface area contributed by atoms with E-state index in [4.69, 9.17) is 16.1 Å². The third kappa shape index (κ3) is 3.04. The second-order valence-electron chi connectivity index (χ2n) is 3.49. The molecule has 0 bridgehead atoms. The van der Waals surface area contributed by atoms with Crippen molar-refractivity contribution in [3.8, 4) is 0 Å². The van der Waals surface area contributed by atoms with E-state index in [1.807, 2.05) is 6.92 Å². The van der Waals surface area contributed by atoms with Gasteiger partial charge >= 0.3 is 0 Å². The normalized spacial score (nSPS) is 10.2. The molecule has 0 aromatic carbocycles. The lowest BCUT2D eigenvalue weighted by molar-refractivity contribution is 0.0946. The zero-order chi connectivity index (χ0) is 12.3. The first-order chi connectivity index (χ1) is 8.15. The first kappa shape index (κ1) is 11.6. The van der Waals surface area contributed by atoms with E-state index in [2.05, 4.69) is 15.5 Å². The van der Waals surface area contributed by atoms with Crippen LogP contribution in [0.5, 0.6) is 0 Å².